The molecule has 82 valence electrons. The summed E-state index contributed by atoms with van der Waals surface area (Å²) in [5, 5.41) is 8.55. The van der Waals surface area contributed by atoms with Crippen molar-refractivity contribution in [3.8, 4) is 0 Å². The second-order valence-corrected chi connectivity index (χ2v) is 3.42. The van der Waals surface area contributed by atoms with Crippen molar-refractivity contribution >= 4 is 11.8 Å². The summed E-state index contributed by atoms with van der Waals surface area (Å²) in [5.41, 5.74) is 11.4. The monoisotopic (exact) mass is 210 g/mol. The summed E-state index contributed by atoms with van der Waals surface area (Å²) in [4.78, 5) is 22.1. The van der Waals surface area contributed by atoms with Crippen LogP contribution in [0.2, 0.25) is 0 Å². The van der Waals surface area contributed by atoms with E-state index < -0.39 is 18.1 Å². The van der Waals surface area contributed by atoms with Crippen molar-refractivity contribution in [3.63, 3.8) is 0 Å². The van der Waals surface area contributed by atoms with Gasteiger partial charge in [-0.1, -0.05) is 18.2 Å². The van der Waals surface area contributed by atoms with Crippen LogP contribution >= 0.6 is 0 Å². The van der Waals surface area contributed by atoms with E-state index in [1.165, 1.54) is 0 Å². The lowest BCUT2D eigenvalue weighted by Crippen LogP contribution is -2.35. The van der Waals surface area contributed by atoms with Gasteiger partial charge in [0.25, 0.3) is 0 Å². The number of rotatable bonds is 4. The van der Waals surface area contributed by atoms with Crippen molar-refractivity contribution in [2.24, 2.45) is 11.5 Å². The summed E-state index contributed by atoms with van der Waals surface area (Å²) >= 11 is 0. The van der Waals surface area contributed by atoms with Crippen LogP contribution in [0, 0.1) is 0 Å². The van der Waals surface area contributed by atoms with Gasteiger partial charge in [0, 0.05) is 12.0 Å². The molecule has 15 heavy (non-hydrogen) atoms. The topological polar surface area (TPSA) is 106 Å². The van der Waals surface area contributed by atoms with Crippen LogP contribution < -0.4 is 11.5 Å². The molecular weight excluding hydrogens is 196 g/mol. The Morgan fingerprint density at radius 1 is 1.60 bits per heavy atom. The van der Waals surface area contributed by atoms with Crippen molar-refractivity contribution in [1.29, 1.82) is 0 Å². The summed E-state index contributed by atoms with van der Waals surface area (Å²) in [5.74, 6) is -1.47. The molecule has 0 spiro atoms. The molecule has 2 atom stereocenters. The molecule has 0 saturated carbocycles. The van der Waals surface area contributed by atoms with Gasteiger partial charge in [0.15, 0.2) is 5.78 Å². The minimum absolute atomic E-state index is 0.206. The van der Waals surface area contributed by atoms with Gasteiger partial charge in [0.2, 0.25) is 0 Å². The van der Waals surface area contributed by atoms with Crippen LogP contribution in [0.25, 0.3) is 0 Å². The van der Waals surface area contributed by atoms with Gasteiger partial charge in [-0.2, -0.15) is 0 Å². The second-order valence-electron chi connectivity index (χ2n) is 3.42. The molecule has 0 heterocycles. The molecule has 0 aliphatic heterocycles. The van der Waals surface area contributed by atoms with E-state index in [1.807, 2.05) is 6.08 Å². The Labute approximate surface area is 87.4 Å². The highest BCUT2D eigenvalue weighted by Gasteiger charge is 2.22. The third-order valence-electron chi connectivity index (χ3n) is 2.22. The lowest BCUT2D eigenvalue weighted by atomic mass is 9.94. The minimum Gasteiger partial charge on any atom is -0.480 e. The van der Waals surface area contributed by atoms with E-state index in [1.54, 1.807) is 12.2 Å². The summed E-state index contributed by atoms with van der Waals surface area (Å²) in [7, 11) is 0. The van der Waals surface area contributed by atoms with Crippen LogP contribution in [0.5, 0.6) is 0 Å². The molecular formula is C10H14N2O3. The van der Waals surface area contributed by atoms with Crippen LogP contribution in [0.1, 0.15) is 12.8 Å². The predicted octanol–water partition coefficient (Wildman–Crippen LogP) is -0.429. The average Bonchev–Trinajstić information content (AvgIpc) is 2.18. The molecule has 0 aromatic rings. The van der Waals surface area contributed by atoms with Gasteiger partial charge in [-0.05, 0) is 6.42 Å². The van der Waals surface area contributed by atoms with Gasteiger partial charge < -0.3 is 16.6 Å². The number of aliphatic carboxylic acids is 1. The predicted molar refractivity (Wildman–Crippen MR) is 55.1 cm³/mol. The number of carboxylic acid groups (broad SMARTS) is 1. The van der Waals surface area contributed by atoms with Gasteiger partial charge in [-0.15, -0.1) is 0 Å². The van der Waals surface area contributed by atoms with Crippen molar-refractivity contribution in [1.82, 2.24) is 0 Å². The van der Waals surface area contributed by atoms with Crippen LogP contribution in [-0.2, 0) is 9.59 Å². The third-order valence-corrected chi connectivity index (χ3v) is 2.22. The van der Waals surface area contributed by atoms with Gasteiger partial charge >= 0.3 is 5.97 Å². The molecule has 0 radical (unpaired) electrons. The van der Waals surface area contributed by atoms with E-state index >= 15 is 0 Å². The number of allylic oxidation sites excluding steroid dienone is 2. The highest BCUT2D eigenvalue weighted by atomic mass is 16.4. The number of Topliss-reactive ketones (excluding diaryl/α,β-unsaturated/α-hetero) is 1. The number of nitrogens with two attached hydrogens (primary N) is 2. The zero-order valence-corrected chi connectivity index (χ0v) is 8.22. The maximum Gasteiger partial charge on any atom is 0.320 e. The fraction of sp³-hybridized carbons (Fsp3) is 0.400. The molecule has 0 amide bonds. The highest BCUT2D eigenvalue weighted by Crippen LogP contribution is 2.13. The minimum atomic E-state index is -1.18. The van der Waals surface area contributed by atoms with E-state index in [-0.39, 0.29) is 12.2 Å². The number of ketones is 1. The molecule has 0 aromatic heterocycles. The standard InChI is InChI=1S/C10H14N2O3/c11-7-4-2-1-3-6(7)9(13)5-8(12)10(14)15/h2-4,7-8H,1,5,11-12H2,(H,14,15)/t7?,8-/m0/s1. The van der Waals surface area contributed by atoms with Crippen molar-refractivity contribution < 1.29 is 14.7 Å². The Morgan fingerprint density at radius 2 is 2.27 bits per heavy atom. The number of carbonyl (C=O) groups is 2. The van der Waals surface area contributed by atoms with Crippen molar-refractivity contribution in [2.75, 3.05) is 0 Å². The maximum absolute atomic E-state index is 11.6. The summed E-state index contributed by atoms with van der Waals surface area (Å²) in [6.45, 7) is 0. The molecule has 1 aliphatic rings. The molecule has 0 fully saturated rings. The first-order valence-electron chi connectivity index (χ1n) is 4.66. The molecule has 5 nitrogen and oxygen atoms in total. The second kappa shape index (κ2) is 4.86. The Hall–Kier alpha value is -1.46. The maximum atomic E-state index is 11.6. The van der Waals surface area contributed by atoms with Crippen LogP contribution in [0.4, 0.5) is 0 Å². The lowest BCUT2D eigenvalue weighted by molar-refractivity contribution is -0.139. The first kappa shape index (κ1) is 11.6. The fourth-order valence-corrected chi connectivity index (χ4v) is 1.36. The van der Waals surface area contributed by atoms with Gasteiger partial charge in [0.05, 0.1) is 6.04 Å². The molecule has 0 aromatic carbocycles. The number of hydrogen-bond acceptors (Lipinski definition) is 4. The highest BCUT2D eigenvalue weighted by molar-refractivity contribution is 5.99. The molecule has 1 unspecified atom stereocenters. The number of carbonyl (C=O) groups excluding carboxylic acids is 1. The SMILES string of the molecule is NC1C=CCC=C1C(=O)C[C@H](N)C(=O)O. The summed E-state index contributed by atoms with van der Waals surface area (Å²) in [6, 6.07) is -1.59. The van der Waals surface area contributed by atoms with Crippen molar-refractivity contribution in [3.05, 3.63) is 23.8 Å². The largest absolute Gasteiger partial charge is 0.480 e. The zero-order valence-electron chi connectivity index (χ0n) is 8.22. The third kappa shape index (κ3) is 3.00. The summed E-state index contributed by atoms with van der Waals surface area (Å²) in [6.07, 6.45) is 5.74. The van der Waals surface area contributed by atoms with E-state index in [4.69, 9.17) is 16.6 Å². The van der Waals surface area contributed by atoms with Crippen LogP contribution in [0.15, 0.2) is 23.8 Å². The first-order valence-corrected chi connectivity index (χ1v) is 4.66. The first-order chi connectivity index (χ1) is 7.02. The van der Waals surface area contributed by atoms with Crippen LogP contribution in [-0.4, -0.2) is 28.9 Å². The molecule has 0 bridgehead atoms. The molecule has 5 heteroatoms. The number of carboxylic acids is 1. The molecule has 1 rings (SSSR count). The van der Waals surface area contributed by atoms with Gasteiger partial charge in [-0.25, -0.2) is 0 Å². The van der Waals surface area contributed by atoms with E-state index in [0.29, 0.717) is 12.0 Å². The quantitative estimate of drug-likeness (QED) is 0.546. The van der Waals surface area contributed by atoms with E-state index in [0.717, 1.165) is 0 Å². The van der Waals surface area contributed by atoms with Crippen LogP contribution in [0.3, 0.4) is 0 Å². The van der Waals surface area contributed by atoms with Crippen molar-refractivity contribution in [2.45, 2.75) is 24.9 Å². The smallest absolute Gasteiger partial charge is 0.320 e. The Kier molecular flexibility index (Phi) is 3.76. The fourth-order valence-electron chi connectivity index (χ4n) is 1.36. The Morgan fingerprint density at radius 3 is 2.80 bits per heavy atom. The zero-order chi connectivity index (χ0) is 11.4. The molecule has 1 aliphatic carbocycles. The molecule has 5 N–H and O–H groups in total. The van der Waals surface area contributed by atoms with Gasteiger partial charge in [-0.3, -0.25) is 9.59 Å². The van der Waals surface area contributed by atoms with E-state index in [2.05, 4.69) is 0 Å². The average molecular weight is 210 g/mol. The lowest BCUT2D eigenvalue weighted by Gasteiger charge is -2.15. The Balaban J connectivity index is 2.61. The summed E-state index contributed by atoms with van der Waals surface area (Å²) < 4.78 is 0. The van der Waals surface area contributed by atoms with E-state index in [9.17, 15) is 9.59 Å². The Bertz CT molecular complexity index is 334. The normalized spacial score (nSPS) is 22.0. The van der Waals surface area contributed by atoms with Gasteiger partial charge in [0.1, 0.15) is 6.04 Å². The number of hydrogen-bond donors (Lipinski definition) is 3. The molecule has 0 saturated heterocycles.